The van der Waals surface area contributed by atoms with Crippen LogP contribution in [0.5, 0.6) is 5.75 Å². The third-order valence-electron chi connectivity index (χ3n) is 2.77. The zero-order valence-electron chi connectivity index (χ0n) is 10.7. The highest BCUT2D eigenvalue weighted by molar-refractivity contribution is 5.36. The number of alkyl halides is 3. The molecule has 0 aromatic heterocycles. The molecule has 0 fully saturated rings. The molecule has 1 rings (SSSR count). The minimum atomic E-state index is -4.47. The fourth-order valence-electron chi connectivity index (χ4n) is 1.68. The summed E-state index contributed by atoms with van der Waals surface area (Å²) in [5, 5.41) is 0. The second-order valence-corrected chi connectivity index (χ2v) is 4.42. The maximum absolute atomic E-state index is 12.8. The van der Waals surface area contributed by atoms with E-state index in [-0.39, 0.29) is 12.2 Å². The highest BCUT2D eigenvalue weighted by Gasteiger charge is 2.45. The van der Waals surface area contributed by atoms with Crippen LogP contribution in [0.25, 0.3) is 0 Å². The topological polar surface area (TPSA) is 35.2 Å². The van der Waals surface area contributed by atoms with E-state index in [1.807, 2.05) is 6.92 Å². The predicted molar refractivity (Wildman–Crippen MR) is 64.7 cm³/mol. The van der Waals surface area contributed by atoms with Crippen LogP contribution in [0.3, 0.4) is 0 Å². The molecule has 0 radical (unpaired) electrons. The fourth-order valence-corrected chi connectivity index (χ4v) is 1.68. The van der Waals surface area contributed by atoms with E-state index >= 15 is 0 Å². The average Bonchev–Trinajstić information content (AvgIpc) is 2.25. The van der Waals surface area contributed by atoms with E-state index in [0.717, 1.165) is 5.56 Å². The van der Waals surface area contributed by atoms with Crippen molar-refractivity contribution < 1.29 is 17.9 Å². The Morgan fingerprint density at radius 1 is 1.28 bits per heavy atom. The summed E-state index contributed by atoms with van der Waals surface area (Å²) >= 11 is 0. The van der Waals surface area contributed by atoms with E-state index in [1.165, 1.54) is 0 Å². The molecule has 0 heterocycles. The first-order valence-electron chi connectivity index (χ1n) is 5.82. The quantitative estimate of drug-likeness (QED) is 0.902. The summed E-state index contributed by atoms with van der Waals surface area (Å²) in [6, 6.07) is 3.98. The Hall–Kier alpha value is -1.23. The highest BCUT2D eigenvalue weighted by Crippen LogP contribution is 2.29. The van der Waals surface area contributed by atoms with Gasteiger partial charge >= 0.3 is 6.18 Å². The largest absolute Gasteiger partial charge is 0.479 e. The predicted octanol–water partition coefficient (Wildman–Crippen LogP) is 3.35. The standard InChI is InChI=1S/C13H18F3NO/c1-4-10(17)12(13(14,15)16)18-11-6-5-8(2)7-9(11)3/h5-7,10,12H,4,17H2,1-3H3. The van der Waals surface area contributed by atoms with Crippen molar-refractivity contribution in [3.05, 3.63) is 29.3 Å². The summed E-state index contributed by atoms with van der Waals surface area (Å²) in [7, 11) is 0. The minimum Gasteiger partial charge on any atom is -0.479 e. The van der Waals surface area contributed by atoms with Crippen LogP contribution in [0.2, 0.25) is 0 Å². The van der Waals surface area contributed by atoms with Crippen LogP contribution < -0.4 is 10.5 Å². The molecule has 0 saturated heterocycles. The molecule has 2 N–H and O–H groups in total. The van der Waals surface area contributed by atoms with Crippen LogP contribution in [0.15, 0.2) is 18.2 Å². The smallest absolute Gasteiger partial charge is 0.426 e. The summed E-state index contributed by atoms with van der Waals surface area (Å²) < 4.78 is 43.6. The lowest BCUT2D eigenvalue weighted by Crippen LogP contribution is -2.48. The molecule has 1 aromatic rings. The molecule has 5 heteroatoms. The van der Waals surface area contributed by atoms with Crippen molar-refractivity contribution in [1.29, 1.82) is 0 Å². The highest BCUT2D eigenvalue weighted by atomic mass is 19.4. The number of rotatable bonds is 4. The van der Waals surface area contributed by atoms with Gasteiger partial charge in [-0.05, 0) is 31.9 Å². The van der Waals surface area contributed by atoms with Crippen molar-refractivity contribution in [3.63, 3.8) is 0 Å². The van der Waals surface area contributed by atoms with Gasteiger partial charge in [0.1, 0.15) is 5.75 Å². The molecule has 0 aliphatic carbocycles. The number of hydrogen-bond acceptors (Lipinski definition) is 2. The molecular formula is C13H18F3NO. The van der Waals surface area contributed by atoms with Gasteiger partial charge in [0, 0.05) is 0 Å². The van der Waals surface area contributed by atoms with Crippen molar-refractivity contribution >= 4 is 0 Å². The first-order valence-corrected chi connectivity index (χ1v) is 5.82. The van der Waals surface area contributed by atoms with E-state index < -0.39 is 18.3 Å². The Morgan fingerprint density at radius 2 is 1.89 bits per heavy atom. The Balaban J connectivity index is 2.96. The number of hydrogen-bond donors (Lipinski definition) is 1. The third kappa shape index (κ3) is 3.63. The second kappa shape index (κ2) is 5.61. The summed E-state index contributed by atoms with van der Waals surface area (Å²) in [6.07, 6.45) is -6.23. The first kappa shape index (κ1) is 14.8. The lowest BCUT2D eigenvalue weighted by Gasteiger charge is -2.27. The van der Waals surface area contributed by atoms with E-state index in [4.69, 9.17) is 10.5 Å². The van der Waals surface area contributed by atoms with E-state index in [2.05, 4.69) is 0 Å². The molecule has 2 nitrogen and oxygen atoms in total. The number of aryl methyl sites for hydroxylation is 2. The Bertz CT molecular complexity index is 404. The van der Waals surface area contributed by atoms with Gasteiger partial charge in [-0.1, -0.05) is 24.6 Å². The van der Waals surface area contributed by atoms with Crippen LogP contribution >= 0.6 is 0 Å². The Kier molecular flexibility index (Phi) is 4.62. The summed E-state index contributed by atoms with van der Waals surface area (Å²) in [4.78, 5) is 0. The zero-order valence-corrected chi connectivity index (χ0v) is 10.7. The molecule has 102 valence electrons. The van der Waals surface area contributed by atoms with Gasteiger partial charge in [0.25, 0.3) is 0 Å². The number of nitrogens with two attached hydrogens (primary N) is 1. The van der Waals surface area contributed by atoms with Crippen LogP contribution in [0.1, 0.15) is 24.5 Å². The number of halogens is 3. The van der Waals surface area contributed by atoms with Gasteiger partial charge in [0.05, 0.1) is 6.04 Å². The SMILES string of the molecule is CCC(N)C(Oc1ccc(C)cc1C)C(F)(F)F. The molecule has 0 saturated carbocycles. The van der Waals surface area contributed by atoms with Crippen LogP contribution in [0.4, 0.5) is 13.2 Å². The van der Waals surface area contributed by atoms with E-state index in [9.17, 15) is 13.2 Å². The van der Waals surface area contributed by atoms with Gasteiger partial charge in [-0.3, -0.25) is 0 Å². The molecule has 1 aromatic carbocycles. The van der Waals surface area contributed by atoms with Crippen molar-refractivity contribution in [2.45, 2.75) is 45.5 Å². The average molecular weight is 261 g/mol. The van der Waals surface area contributed by atoms with Gasteiger partial charge < -0.3 is 10.5 Å². The third-order valence-corrected chi connectivity index (χ3v) is 2.77. The van der Waals surface area contributed by atoms with Crippen molar-refractivity contribution in [1.82, 2.24) is 0 Å². The molecular weight excluding hydrogens is 243 g/mol. The second-order valence-electron chi connectivity index (χ2n) is 4.42. The van der Waals surface area contributed by atoms with E-state index in [0.29, 0.717) is 5.56 Å². The van der Waals surface area contributed by atoms with Gasteiger partial charge in [-0.25, -0.2) is 0 Å². The molecule has 0 aliphatic rings. The molecule has 2 atom stereocenters. The summed E-state index contributed by atoms with van der Waals surface area (Å²) in [5.74, 6) is 0.229. The lowest BCUT2D eigenvalue weighted by atomic mass is 10.1. The lowest BCUT2D eigenvalue weighted by molar-refractivity contribution is -0.200. The molecule has 18 heavy (non-hydrogen) atoms. The van der Waals surface area contributed by atoms with E-state index in [1.54, 1.807) is 32.0 Å². The van der Waals surface area contributed by atoms with Crippen molar-refractivity contribution in [2.24, 2.45) is 5.73 Å². The monoisotopic (exact) mass is 261 g/mol. The summed E-state index contributed by atoms with van der Waals surface area (Å²) in [5.41, 5.74) is 7.14. The van der Waals surface area contributed by atoms with Crippen molar-refractivity contribution in [3.8, 4) is 5.75 Å². The minimum absolute atomic E-state index is 0.203. The fraction of sp³-hybridized carbons (Fsp3) is 0.538. The Labute approximate surface area is 105 Å². The van der Waals surface area contributed by atoms with Gasteiger partial charge in [0.15, 0.2) is 0 Å². The zero-order chi connectivity index (χ0) is 13.9. The normalized spacial score (nSPS) is 15.3. The van der Waals surface area contributed by atoms with Crippen LogP contribution in [-0.2, 0) is 0 Å². The van der Waals surface area contributed by atoms with Crippen LogP contribution in [-0.4, -0.2) is 18.3 Å². The van der Waals surface area contributed by atoms with Crippen LogP contribution in [0, 0.1) is 13.8 Å². The Morgan fingerprint density at radius 3 is 2.33 bits per heavy atom. The maximum Gasteiger partial charge on any atom is 0.426 e. The van der Waals surface area contributed by atoms with Crippen molar-refractivity contribution in [2.75, 3.05) is 0 Å². The first-order chi connectivity index (χ1) is 8.25. The number of benzene rings is 1. The molecule has 0 amide bonds. The molecule has 2 unspecified atom stereocenters. The maximum atomic E-state index is 12.8. The van der Waals surface area contributed by atoms with Gasteiger partial charge in [-0.2, -0.15) is 13.2 Å². The molecule has 0 spiro atoms. The summed E-state index contributed by atoms with van der Waals surface area (Å²) in [6.45, 7) is 5.19. The number of ether oxygens (including phenoxy) is 1. The van der Waals surface area contributed by atoms with Gasteiger partial charge in [0.2, 0.25) is 6.10 Å². The van der Waals surface area contributed by atoms with Gasteiger partial charge in [-0.15, -0.1) is 0 Å². The molecule has 0 aliphatic heterocycles. The molecule has 0 bridgehead atoms.